The Bertz CT molecular complexity index is 1150. The molecule has 3 amide bonds. The minimum atomic E-state index is -1.52. The van der Waals surface area contributed by atoms with Crippen LogP contribution in [0.2, 0.25) is 0 Å². The highest BCUT2D eigenvalue weighted by atomic mass is 16.4. The van der Waals surface area contributed by atoms with Gasteiger partial charge >= 0.3 is 11.9 Å². The van der Waals surface area contributed by atoms with Crippen LogP contribution < -0.4 is 21.7 Å². The summed E-state index contributed by atoms with van der Waals surface area (Å²) in [6.07, 6.45) is 2.54. The van der Waals surface area contributed by atoms with E-state index in [2.05, 4.69) is 25.9 Å². The highest BCUT2D eigenvalue weighted by Gasteiger charge is 2.31. The van der Waals surface area contributed by atoms with Crippen LogP contribution in [-0.2, 0) is 36.8 Å². The summed E-state index contributed by atoms with van der Waals surface area (Å²) in [5.74, 6) is -5.03. The Hall–Kier alpha value is -4.46. The molecule has 0 fully saturated rings. The number of nitrogens with two attached hydrogens (primary N) is 1. The number of aromatic hydroxyl groups is 1. The van der Waals surface area contributed by atoms with Crippen LogP contribution in [0.3, 0.4) is 0 Å². The molecule has 1 aromatic heterocycles. The Morgan fingerprint density at radius 2 is 1.50 bits per heavy atom. The van der Waals surface area contributed by atoms with E-state index in [1.54, 1.807) is 6.92 Å². The highest BCUT2D eigenvalue weighted by molar-refractivity contribution is 5.94. The second-order valence-corrected chi connectivity index (χ2v) is 9.52. The Morgan fingerprint density at radius 3 is 2.02 bits per heavy atom. The van der Waals surface area contributed by atoms with Crippen LogP contribution in [0.4, 0.5) is 0 Å². The number of carboxylic acids is 2. The number of imidazole rings is 1. The molecular formula is C26H36N6O8. The lowest BCUT2D eigenvalue weighted by atomic mass is 9.98. The van der Waals surface area contributed by atoms with Gasteiger partial charge in [0.25, 0.3) is 0 Å². The molecule has 1 heterocycles. The van der Waals surface area contributed by atoms with Gasteiger partial charge in [0.2, 0.25) is 17.7 Å². The fourth-order valence-electron chi connectivity index (χ4n) is 3.75. The quantitative estimate of drug-likeness (QED) is 0.133. The number of carbonyl (C=O) groups is 5. The average Bonchev–Trinajstić information content (AvgIpc) is 3.43. The van der Waals surface area contributed by atoms with Crippen LogP contribution >= 0.6 is 0 Å². The Labute approximate surface area is 230 Å². The van der Waals surface area contributed by atoms with E-state index in [4.69, 9.17) is 10.8 Å². The van der Waals surface area contributed by atoms with E-state index in [-0.39, 0.29) is 30.9 Å². The molecule has 0 bridgehead atoms. The summed E-state index contributed by atoms with van der Waals surface area (Å²) in [6.45, 7) is 3.68. The fourth-order valence-corrected chi connectivity index (χ4v) is 3.75. The fraction of sp³-hybridized carbons (Fsp3) is 0.462. The van der Waals surface area contributed by atoms with Crippen LogP contribution in [-0.4, -0.2) is 79.1 Å². The number of amides is 3. The van der Waals surface area contributed by atoms with Gasteiger partial charge in [0.15, 0.2) is 0 Å². The average molecular weight is 561 g/mol. The molecule has 14 heteroatoms. The molecule has 0 saturated heterocycles. The van der Waals surface area contributed by atoms with E-state index in [0.29, 0.717) is 17.7 Å². The van der Waals surface area contributed by atoms with Gasteiger partial charge in [-0.3, -0.25) is 19.2 Å². The molecule has 14 nitrogen and oxygen atoms in total. The van der Waals surface area contributed by atoms with Gasteiger partial charge in [-0.1, -0.05) is 32.4 Å². The molecule has 0 saturated carbocycles. The van der Waals surface area contributed by atoms with E-state index in [0.717, 1.165) is 0 Å². The van der Waals surface area contributed by atoms with Gasteiger partial charge in [-0.05, 0) is 30.0 Å². The maximum atomic E-state index is 13.4. The number of aromatic nitrogens is 2. The van der Waals surface area contributed by atoms with Crippen LogP contribution in [0.25, 0.3) is 0 Å². The smallest absolute Gasteiger partial charge is 0.326 e. The van der Waals surface area contributed by atoms with E-state index in [1.165, 1.54) is 36.8 Å². The number of phenols is 1. The normalized spacial score (nSPS) is 14.7. The zero-order valence-electron chi connectivity index (χ0n) is 22.3. The van der Waals surface area contributed by atoms with Gasteiger partial charge in [-0.25, -0.2) is 9.78 Å². The Morgan fingerprint density at radius 1 is 0.925 bits per heavy atom. The number of phenolic OH excluding ortho intramolecular Hbond substituents is 1. The summed E-state index contributed by atoms with van der Waals surface area (Å²) < 4.78 is 0. The predicted octanol–water partition coefficient (Wildman–Crippen LogP) is -0.322. The number of benzene rings is 1. The van der Waals surface area contributed by atoms with Crippen LogP contribution in [0.5, 0.6) is 5.75 Å². The van der Waals surface area contributed by atoms with Gasteiger partial charge in [-0.2, -0.15) is 0 Å². The van der Waals surface area contributed by atoms with Gasteiger partial charge < -0.3 is 42.0 Å². The van der Waals surface area contributed by atoms with Crippen molar-refractivity contribution in [3.05, 3.63) is 48.0 Å². The number of nitrogens with one attached hydrogen (secondary N) is 4. The topological polar surface area (TPSA) is 237 Å². The lowest BCUT2D eigenvalue weighted by molar-refractivity contribution is -0.143. The number of carbonyl (C=O) groups excluding carboxylic acids is 3. The van der Waals surface area contributed by atoms with Crippen molar-refractivity contribution in [3.63, 3.8) is 0 Å². The minimum absolute atomic E-state index is 0.00525. The van der Waals surface area contributed by atoms with Crippen molar-refractivity contribution >= 4 is 29.7 Å². The molecule has 0 radical (unpaired) electrons. The van der Waals surface area contributed by atoms with Crippen LogP contribution in [0.1, 0.15) is 44.4 Å². The van der Waals surface area contributed by atoms with Crippen molar-refractivity contribution in [1.82, 2.24) is 25.9 Å². The molecule has 5 atom stereocenters. The summed E-state index contributed by atoms with van der Waals surface area (Å²) in [6, 6.07) is 0.938. The number of nitrogens with zero attached hydrogens (tertiary/aromatic N) is 1. The van der Waals surface area contributed by atoms with E-state index in [1.807, 2.05) is 6.92 Å². The summed E-state index contributed by atoms with van der Waals surface area (Å²) in [5, 5.41) is 35.5. The number of carboxylic acid groups (broad SMARTS) is 2. The number of H-pyrrole nitrogens is 1. The molecule has 9 N–H and O–H groups in total. The molecule has 218 valence electrons. The zero-order chi connectivity index (χ0) is 29.8. The summed E-state index contributed by atoms with van der Waals surface area (Å²) in [7, 11) is 0. The second kappa shape index (κ2) is 15.2. The molecule has 1 aromatic carbocycles. The number of hydrogen-bond acceptors (Lipinski definition) is 8. The van der Waals surface area contributed by atoms with Crippen molar-refractivity contribution in [3.8, 4) is 5.75 Å². The molecule has 40 heavy (non-hydrogen) atoms. The zero-order valence-corrected chi connectivity index (χ0v) is 22.3. The van der Waals surface area contributed by atoms with Crippen molar-refractivity contribution in [2.45, 2.75) is 70.1 Å². The third-order valence-electron chi connectivity index (χ3n) is 6.44. The number of rotatable bonds is 16. The van der Waals surface area contributed by atoms with E-state index < -0.39 is 60.2 Å². The van der Waals surface area contributed by atoms with E-state index >= 15 is 0 Å². The number of aromatic amines is 1. The first kappa shape index (κ1) is 31.8. The monoisotopic (exact) mass is 560 g/mol. The number of hydrogen-bond donors (Lipinski definition) is 8. The SMILES string of the molecule is CCC(C)C(N)C(=O)NC(Cc1cnc[nH]1)C(=O)NC(Cc1ccc(O)cc1)C(=O)NC(CCC(=O)O)C(=O)O. The standard InChI is InChI=1S/C26H36N6O8/c1-3-14(2)22(27)25(38)32-20(11-16-12-28-13-29-16)24(37)31-19(10-15-4-6-17(33)7-5-15)23(36)30-18(26(39)40)8-9-21(34)35/h4-7,12-14,18-20,22,33H,3,8-11,27H2,1-2H3,(H,28,29)(H,30,36)(H,31,37)(H,32,38)(H,34,35)(H,39,40). The van der Waals surface area contributed by atoms with Gasteiger partial charge in [-0.15, -0.1) is 0 Å². The maximum Gasteiger partial charge on any atom is 0.326 e. The molecule has 0 aliphatic carbocycles. The van der Waals surface area contributed by atoms with Crippen molar-refractivity contribution in [2.75, 3.05) is 0 Å². The second-order valence-electron chi connectivity index (χ2n) is 9.52. The first-order valence-electron chi connectivity index (χ1n) is 12.8. The molecule has 0 aliphatic rings. The Balaban J connectivity index is 2.30. The first-order chi connectivity index (χ1) is 18.9. The van der Waals surface area contributed by atoms with E-state index in [9.17, 15) is 34.2 Å². The molecule has 2 aromatic rings. The maximum absolute atomic E-state index is 13.4. The van der Waals surface area contributed by atoms with Crippen molar-refractivity contribution < 1.29 is 39.3 Å². The first-order valence-corrected chi connectivity index (χ1v) is 12.8. The van der Waals surface area contributed by atoms with Gasteiger partial charge in [0, 0.05) is 31.2 Å². The number of aliphatic carboxylic acids is 2. The van der Waals surface area contributed by atoms with Gasteiger partial charge in [0.05, 0.1) is 12.4 Å². The largest absolute Gasteiger partial charge is 0.508 e. The lowest BCUT2D eigenvalue weighted by Gasteiger charge is -2.26. The summed E-state index contributed by atoms with van der Waals surface area (Å²) in [5.41, 5.74) is 7.10. The third-order valence-corrected chi connectivity index (χ3v) is 6.44. The lowest BCUT2D eigenvalue weighted by Crippen LogP contribution is -2.58. The molecular weight excluding hydrogens is 524 g/mol. The highest BCUT2D eigenvalue weighted by Crippen LogP contribution is 2.13. The molecule has 0 aliphatic heterocycles. The molecule has 2 rings (SSSR count). The molecule has 5 unspecified atom stereocenters. The van der Waals surface area contributed by atoms with Crippen LogP contribution in [0, 0.1) is 5.92 Å². The minimum Gasteiger partial charge on any atom is -0.508 e. The third kappa shape index (κ3) is 10.0. The van der Waals surface area contributed by atoms with Gasteiger partial charge in [0.1, 0.15) is 23.9 Å². The van der Waals surface area contributed by atoms with Crippen LogP contribution in [0.15, 0.2) is 36.8 Å². The Kier molecular flexibility index (Phi) is 12.1. The summed E-state index contributed by atoms with van der Waals surface area (Å²) >= 11 is 0. The molecule has 0 spiro atoms. The predicted molar refractivity (Wildman–Crippen MR) is 142 cm³/mol. The van der Waals surface area contributed by atoms with Crippen molar-refractivity contribution in [2.24, 2.45) is 11.7 Å². The van der Waals surface area contributed by atoms with Crippen molar-refractivity contribution in [1.29, 1.82) is 0 Å². The summed E-state index contributed by atoms with van der Waals surface area (Å²) in [4.78, 5) is 68.8.